The van der Waals surface area contributed by atoms with Crippen LogP contribution in [0, 0.1) is 20.2 Å². The third-order valence-corrected chi connectivity index (χ3v) is 2.58. The van der Waals surface area contributed by atoms with E-state index in [1.165, 1.54) is 6.07 Å². The Hall–Kier alpha value is -3.76. The maximum atomic E-state index is 11.7. The van der Waals surface area contributed by atoms with Crippen molar-refractivity contribution >= 4 is 23.7 Å². The van der Waals surface area contributed by atoms with Crippen LogP contribution in [-0.2, 0) is 0 Å². The van der Waals surface area contributed by atoms with Crippen LogP contribution in [0.4, 0.5) is 11.6 Å². The normalized spacial score (nSPS) is 10.6. The highest BCUT2D eigenvalue weighted by atomic mass is 16.6. The fourth-order valence-electron chi connectivity index (χ4n) is 1.55. The predicted octanol–water partition coefficient (Wildman–Crippen LogP) is 1.57. The number of furan rings is 1. The zero-order valence-corrected chi connectivity index (χ0v) is 11.2. The highest BCUT2D eigenvalue weighted by Gasteiger charge is 2.16. The van der Waals surface area contributed by atoms with Gasteiger partial charge in [0.25, 0.3) is 5.91 Å². The van der Waals surface area contributed by atoms with Crippen LogP contribution in [0.2, 0.25) is 0 Å². The number of phenols is 1. The molecule has 0 fully saturated rings. The summed E-state index contributed by atoms with van der Waals surface area (Å²) in [5.41, 5.74) is 1.49. The first-order valence-electron chi connectivity index (χ1n) is 5.93. The molecule has 0 aliphatic heterocycles. The van der Waals surface area contributed by atoms with Crippen molar-refractivity contribution in [1.82, 2.24) is 5.43 Å². The predicted molar refractivity (Wildman–Crippen MR) is 75.2 cm³/mol. The lowest BCUT2D eigenvalue weighted by Gasteiger charge is -2.01. The molecular formula is C12H8N4O7. The van der Waals surface area contributed by atoms with Gasteiger partial charge in [0.15, 0.2) is 11.5 Å². The molecule has 1 aromatic heterocycles. The Morgan fingerprint density at radius 1 is 1.22 bits per heavy atom. The summed E-state index contributed by atoms with van der Waals surface area (Å²) in [6.07, 6.45) is 1.04. The summed E-state index contributed by atoms with van der Waals surface area (Å²) >= 11 is 0. The van der Waals surface area contributed by atoms with E-state index in [1.54, 1.807) is 0 Å². The standard InChI is InChI=1S/C12H8N4O7/c17-10-5-7(1-3-9(10)15(19)20)12(18)14-13-6-8-2-4-11(23-8)16(21)22/h1-6,17H,(H,14,18)/b13-6-. The molecule has 2 N–H and O–H groups in total. The van der Waals surface area contributed by atoms with E-state index in [0.29, 0.717) is 0 Å². The monoisotopic (exact) mass is 320 g/mol. The van der Waals surface area contributed by atoms with Crippen molar-refractivity contribution in [3.8, 4) is 5.75 Å². The van der Waals surface area contributed by atoms with Crippen LogP contribution in [0.5, 0.6) is 5.75 Å². The summed E-state index contributed by atoms with van der Waals surface area (Å²) in [5, 5.41) is 33.9. The van der Waals surface area contributed by atoms with E-state index in [1.807, 2.05) is 0 Å². The average molecular weight is 320 g/mol. The first-order chi connectivity index (χ1) is 10.9. The number of nitrogens with one attached hydrogen (secondary N) is 1. The van der Waals surface area contributed by atoms with Gasteiger partial charge in [-0.1, -0.05) is 0 Å². The second-order valence-electron chi connectivity index (χ2n) is 4.09. The lowest BCUT2D eigenvalue weighted by molar-refractivity contribution is -0.402. The number of nitro benzene ring substituents is 1. The largest absolute Gasteiger partial charge is 0.502 e. The summed E-state index contributed by atoms with van der Waals surface area (Å²) in [6, 6.07) is 5.44. The number of phenolic OH excluding ortho intramolecular Hbond substituents is 1. The maximum Gasteiger partial charge on any atom is 0.433 e. The Bertz CT molecular complexity index is 811. The Morgan fingerprint density at radius 3 is 2.52 bits per heavy atom. The molecule has 118 valence electrons. The molecule has 2 aromatic rings. The van der Waals surface area contributed by atoms with Gasteiger partial charge in [0.1, 0.15) is 4.92 Å². The molecule has 0 aliphatic rings. The van der Waals surface area contributed by atoms with Crippen molar-refractivity contribution in [2.24, 2.45) is 5.10 Å². The fourth-order valence-corrected chi connectivity index (χ4v) is 1.55. The van der Waals surface area contributed by atoms with Crippen molar-refractivity contribution in [2.75, 3.05) is 0 Å². The minimum absolute atomic E-state index is 0.0450. The summed E-state index contributed by atoms with van der Waals surface area (Å²) in [6.45, 7) is 0. The third kappa shape index (κ3) is 3.66. The Kier molecular flexibility index (Phi) is 4.31. The Balaban J connectivity index is 2.04. The van der Waals surface area contributed by atoms with Gasteiger partial charge in [0, 0.05) is 11.6 Å². The van der Waals surface area contributed by atoms with Gasteiger partial charge in [-0.3, -0.25) is 25.0 Å². The summed E-state index contributed by atoms with van der Waals surface area (Å²) in [4.78, 5) is 31.2. The number of carbonyl (C=O) groups is 1. The van der Waals surface area contributed by atoms with Crippen LogP contribution in [0.1, 0.15) is 16.1 Å². The van der Waals surface area contributed by atoms with Gasteiger partial charge in [-0.15, -0.1) is 0 Å². The quantitative estimate of drug-likeness (QED) is 0.480. The van der Waals surface area contributed by atoms with E-state index in [-0.39, 0.29) is 11.3 Å². The molecule has 0 bridgehead atoms. The zero-order chi connectivity index (χ0) is 17.0. The van der Waals surface area contributed by atoms with Crippen LogP contribution < -0.4 is 5.43 Å². The molecule has 11 heteroatoms. The summed E-state index contributed by atoms with van der Waals surface area (Å²) < 4.78 is 4.78. The highest BCUT2D eigenvalue weighted by molar-refractivity contribution is 5.95. The Morgan fingerprint density at radius 2 is 1.96 bits per heavy atom. The molecule has 1 aromatic carbocycles. The minimum Gasteiger partial charge on any atom is -0.502 e. The van der Waals surface area contributed by atoms with Gasteiger partial charge in [-0.2, -0.15) is 5.10 Å². The summed E-state index contributed by atoms with van der Waals surface area (Å²) in [5.74, 6) is -1.83. The van der Waals surface area contributed by atoms with E-state index < -0.39 is 33.1 Å². The molecule has 1 heterocycles. The van der Waals surface area contributed by atoms with Crippen molar-refractivity contribution in [3.05, 3.63) is 61.9 Å². The molecule has 0 unspecified atom stereocenters. The average Bonchev–Trinajstić information content (AvgIpc) is 2.95. The van der Waals surface area contributed by atoms with Crippen LogP contribution in [0.3, 0.4) is 0 Å². The fraction of sp³-hybridized carbons (Fsp3) is 0. The van der Waals surface area contributed by atoms with E-state index >= 15 is 0 Å². The van der Waals surface area contributed by atoms with Crippen molar-refractivity contribution in [1.29, 1.82) is 0 Å². The molecule has 23 heavy (non-hydrogen) atoms. The third-order valence-electron chi connectivity index (χ3n) is 2.58. The number of amides is 1. The minimum atomic E-state index is -0.793. The Labute approximate surface area is 127 Å². The molecular weight excluding hydrogens is 312 g/mol. The van der Waals surface area contributed by atoms with E-state index in [2.05, 4.69) is 10.5 Å². The topological polar surface area (TPSA) is 161 Å². The maximum absolute atomic E-state index is 11.7. The molecule has 0 aliphatic carbocycles. The molecule has 0 radical (unpaired) electrons. The SMILES string of the molecule is O=C(N/N=C\c1ccc([N+](=O)[O-])o1)c1ccc([N+](=O)[O-])c(O)c1. The van der Waals surface area contributed by atoms with Crippen molar-refractivity contribution in [3.63, 3.8) is 0 Å². The number of nitro groups is 2. The summed E-state index contributed by atoms with van der Waals surface area (Å²) in [7, 11) is 0. The first kappa shape index (κ1) is 15.6. The van der Waals surface area contributed by atoms with E-state index in [9.17, 15) is 30.1 Å². The number of nitrogens with zero attached hydrogens (tertiary/aromatic N) is 3. The van der Waals surface area contributed by atoms with Crippen LogP contribution in [-0.4, -0.2) is 27.1 Å². The van der Waals surface area contributed by atoms with Gasteiger partial charge >= 0.3 is 11.6 Å². The smallest absolute Gasteiger partial charge is 0.433 e. The highest BCUT2D eigenvalue weighted by Crippen LogP contribution is 2.26. The zero-order valence-electron chi connectivity index (χ0n) is 11.2. The van der Waals surface area contributed by atoms with Gasteiger partial charge in [0.2, 0.25) is 0 Å². The van der Waals surface area contributed by atoms with Gasteiger partial charge in [0.05, 0.1) is 17.2 Å². The number of rotatable bonds is 5. The first-order valence-corrected chi connectivity index (χ1v) is 5.93. The number of carbonyl (C=O) groups excluding carboxylic acids is 1. The van der Waals surface area contributed by atoms with E-state index in [4.69, 9.17) is 4.42 Å². The van der Waals surface area contributed by atoms with Crippen molar-refractivity contribution in [2.45, 2.75) is 0 Å². The molecule has 11 nitrogen and oxygen atoms in total. The van der Waals surface area contributed by atoms with Crippen LogP contribution >= 0.6 is 0 Å². The lowest BCUT2D eigenvalue weighted by atomic mass is 10.2. The molecule has 0 spiro atoms. The van der Waals surface area contributed by atoms with Crippen LogP contribution in [0.25, 0.3) is 0 Å². The number of hydrogen-bond acceptors (Lipinski definition) is 8. The number of hydrogen-bond donors (Lipinski definition) is 2. The molecule has 2 rings (SSSR count). The lowest BCUT2D eigenvalue weighted by Crippen LogP contribution is -2.17. The van der Waals surface area contributed by atoms with Gasteiger partial charge in [-0.25, -0.2) is 5.43 Å². The molecule has 1 amide bonds. The molecule has 0 saturated heterocycles. The van der Waals surface area contributed by atoms with E-state index in [0.717, 1.165) is 30.5 Å². The van der Waals surface area contributed by atoms with Crippen LogP contribution in [0.15, 0.2) is 39.9 Å². The second-order valence-corrected chi connectivity index (χ2v) is 4.09. The van der Waals surface area contributed by atoms with Gasteiger partial charge < -0.3 is 9.52 Å². The molecule has 0 atom stereocenters. The molecule has 0 saturated carbocycles. The second kappa shape index (κ2) is 6.34. The number of hydrazone groups is 1. The number of benzene rings is 1. The number of aromatic hydroxyl groups is 1. The van der Waals surface area contributed by atoms with Gasteiger partial charge in [-0.05, 0) is 18.2 Å². The van der Waals surface area contributed by atoms with Crippen molar-refractivity contribution < 1.29 is 24.2 Å².